The summed E-state index contributed by atoms with van der Waals surface area (Å²) in [5, 5.41) is 0. The van der Waals surface area contributed by atoms with Crippen LogP contribution in [0.3, 0.4) is 0 Å². The van der Waals surface area contributed by atoms with E-state index in [-0.39, 0.29) is 5.41 Å². The van der Waals surface area contributed by atoms with Gasteiger partial charge in [-0.25, -0.2) is 0 Å². The second-order valence-electron chi connectivity index (χ2n) is 7.44. The fourth-order valence-electron chi connectivity index (χ4n) is 5.71. The van der Waals surface area contributed by atoms with Crippen LogP contribution in [0.5, 0.6) is 0 Å². The van der Waals surface area contributed by atoms with Crippen LogP contribution in [0.15, 0.2) is 36.9 Å². The summed E-state index contributed by atoms with van der Waals surface area (Å²) in [6.07, 6.45) is 7.62. The zero-order valence-electron chi connectivity index (χ0n) is 12.8. The van der Waals surface area contributed by atoms with Crippen molar-refractivity contribution in [2.75, 3.05) is 0 Å². The molecule has 4 rings (SSSR count). The zero-order valence-corrected chi connectivity index (χ0v) is 12.8. The Balaban J connectivity index is 1.77. The van der Waals surface area contributed by atoms with Crippen LogP contribution in [0.1, 0.15) is 49.7 Å². The molecule has 3 aliphatic carbocycles. The van der Waals surface area contributed by atoms with Crippen molar-refractivity contribution in [1.82, 2.24) is 0 Å². The molecule has 1 heteroatoms. The number of rotatable bonds is 1. The summed E-state index contributed by atoms with van der Waals surface area (Å²) in [5.74, 6) is 2.64. The lowest BCUT2D eigenvalue weighted by molar-refractivity contribution is -0.138. The van der Waals surface area contributed by atoms with Crippen LogP contribution in [-0.4, -0.2) is 5.78 Å². The molecule has 1 aromatic rings. The second-order valence-corrected chi connectivity index (χ2v) is 7.44. The fraction of sp³-hybridized carbons (Fsp3) is 0.550. The van der Waals surface area contributed by atoms with E-state index in [2.05, 4.69) is 43.8 Å². The number of allylic oxidation sites excluding steroid dienone is 1. The van der Waals surface area contributed by atoms with Crippen molar-refractivity contribution in [2.45, 2.75) is 44.9 Å². The van der Waals surface area contributed by atoms with E-state index in [0.717, 1.165) is 12.8 Å². The third-order valence-electron chi connectivity index (χ3n) is 6.86. The van der Waals surface area contributed by atoms with Crippen molar-refractivity contribution in [3.8, 4) is 0 Å². The molecule has 0 bridgehead atoms. The van der Waals surface area contributed by atoms with Gasteiger partial charge in [0.2, 0.25) is 0 Å². The summed E-state index contributed by atoms with van der Waals surface area (Å²) in [4.78, 5) is 13.0. The molecule has 3 aliphatic rings. The summed E-state index contributed by atoms with van der Waals surface area (Å²) in [6, 6.07) is 8.80. The summed E-state index contributed by atoms with van der Waals surface area (Å²) in [6.45, 7) is 6.23. The van der Waals surface area contributed by atoms with Crippen LogP contribution in [0, 0.1) is 23.2 Å². The molecule has 2 saturated carbocycles. The summed E-state index contributed by atoms with van der Waals surface area (Å²) in [7, 11) is 0. The predicted molar refractivity (Wildman–Crippen MR) is 85.1 cm³/mol. The monoisotopic (exact) mass is 280 g/mol. The number of carbonyl (C=O) groups excluding carboxylic acids is 1. The number of aryl methyl sites for hydroxylation is 1. The zero-order chi connectivity index (χ0) is 14.6. The lowest BCUT2D eigenvalue weighted by Gasteiger charge is -2.49. The average molecular weight is 280 g/mol. The Kier molecular flexibility index (Phi) is 2.89. The first-order valence-electron chi connectivity index (χ1n) is 8.40. The fourth-order valence-corrected chi connectivity index (χ4v) is 5.71. The van der Waals surface area contributed by atoms with Gasteiger partial charge in [0, 0.05) is 11.8 Å². The molecule has 110 valence electrons. The molecular formula is C20H24O. The molecule has 0 heterocycles. The highest BCUT2D eigenvalue weighted by Crippen LogP contribution is 2.61. The van der Waals surface area contributed by atoms with Gasteiger partial charge >= 0.3 is 0 Å². The number of benzene rings is 1. The first-order chi connectivity index (χ1) is 10.2. The van der Waals surface area contributed by atoms with E-state index < -0.39 is 0 Å². The second kappa shape index (κ2) is 4.56. The van der Waals surface area contributed by atoms with Crippen molar-refractivity contribution >= 4 is 5.78 Å². The summed E-state index contributed by atoms with van der Waals surface area (Å²) < 4.78 is 0. The standard InChI is InChI=1S/C20H24O/c1-3-14-9-11-18-16-10-8-13-6-4-5-7-15(13)17(16)12-19(21)20(14,18)2/h3-7,14,16-18H,1,8-12H2,2H3/t14-,16-,17-,18+,20+/m0/s1. The molecule has 0 aliphatic heterocycles. The molecule has 21 heavy (non-hydrogen) atoms. The van der Waals surface area contributed by atoms with Crippen LogP contribution >= 0.6 is 0 Å². The number of hydrogen-bond donors (Lipinski definition) is 0. The van der Waals surface area contributed by atoms with Gasteiger partial charge in [-0.15, -0.1) is 6.58 Å². The van der Waals surface area contributed by atoms with Crippen molar-refractivity contribution in [3.63, 3.8) is 0 Å². The molecule has 1 aromatic carbocycles. The van der Waals surface area contributed by atoms with Crippen molar-refractivity contribution in [1.29, 1.82) is 0 Å². The smallest absolute Gasteiger partial charge is 0.140 e. The Morgan fingerprint density at radius 3 is 2.86 bits per heavy atom. The molecule has 0 radical (unpaired) electrons. The van der Waals surface area contributed by atoms with Crippen LogP contribution in [0.25, 0.3) is 0 Å². The van der Waals surface area contributed by atoms with Gasteiger partial charge in [0.15, 0.2) is 0 Å². The molecule has 0 unspecified atom stereocenters. The highest BCUT2D eigenvalue weighted by molar-refractivity contribution is 5.87. The quantitative estimate of drug-likeness (QED) is 0.691. The lowest BCUT2D eigenvalue weighted by atomic mass is 9.53. The molecule has 0 saturated heterocycles. The molecule has 0 amide bonds. The summed E-state index contributed by atoms with van der Waals surface area (Å²) >= 11 is 0. The SMILES string of the molecule is C=C[C@H]1CC[C@@H]2[C@H]3CCc4ccccc4[C@@H]3CC(=O)[C@@]21C. The van der Waals surface area contributed by atoms with E-state index >= 15 is 0 Å². The topological polar surface area (TPSA) is 17.1 Å². The third kappa shape index (κ3) is 1.66. The minimum atomic E-state index is -0.130. The van der Waals surface area contributed by atoms with Gasteiger partial charge in [-0.05, 0) is 60.5 Å². The maximum absolute atomic E-state index is 13.0. The predicted octanol–water partition coefficient (Wildman–Crippen LogP) is 4.52. The van der Waals surface area contributed by atoms with E-state index in [9.17, 15) is 4.79 Å². The molecule has 5 atom stereocenters. The first-order valence-corrected chi connectivity index (χ1v) is 8.40. The normalized spacial score (nSPS) is 41.1. The molecule has 0 spiro atoms. The number of Topliss-reactive ketones (excluding diaryl/α,β-unsaturated/α-hetero) is 1. The average Bonchev–Trinajstić information content (AvgIpc) is 2.86. The highest BCUT2D eigenvalue weighted by Gasteiger charge is 2.58. The first kappa shape index (κ1) is 13.3. The number of hydrogen-bond acceptors (Lipinski definition) is 1. The van der Waals surface area contributed by atoms with E-state index in [4.69, 9.17) is 0 Å². The van der Waals surface area contributed by atoms with E-state index in [1.165, 1.54) is 30.4 Å². The Morgan fingerprint density at radius 2 is 2.05 bits per heavy atom. The number of carbonyl (C=O) groups is 1. The Hall–Kier alpha value is -1.37. The Morgan fingerprint density at radius 1 is 1.24 bits per heavy atom. The van der Waals surface area contributed by atoms with Gasteiger partial charge in [0.1, 0.15) is 5.78 Å². The van der Waals surface area contributed by atoms with Gasteiger partial charge in [-0.1, -0.05) is 37.3 Å². The maximum Gasteiger partial charge on any atom is 0.140 e. The van der Waals surface area contributed by atoms with E-state index in [1.54, 1.807) is 0 Å². The van der Waals surface area contributed by atoms with Crippen LogP contribution in [-0.2, 0) is 11.2 Å². The molecule has 1 nitrogen and oxygen atoms in total. The number of ketones is 1. The largest absolute Gasteiger partial charge is 0.299 e. The van der Waals surface area contributed by atoms with E-state index in [1.807, 2.05) is 0 Å². The van der Waals surface area contributed by atoms with Crippen molar-refractivity contribution in [2.24, 2.45) is 23.2 Å². The Labute approximate surface area is 127 Å². The van der Waals surface area contributed by atoms with Crippen molar-refractivity contribution < 1.29 is 4.79 Å². The molecular weight excluding hydrogens is 256 g/mol. The van der Waals surface area contributed by atoms with Crippen LogP contribution in [0.4, 0.5) is 0 Å². The van der Waals surface area contributed by atoms with Gasteiger partial charge in [0.05, 0.1) is 0 Å². The number of fused-ring (bicyclic) bond motifs is 5. The Bertz CT molecular complexity index is 602. The van der Waals surface area contributed by atoms with Gasteiger partial charge in [-0.3, -0.25) is 4.79 Å². The molecule has 0 aromatic heterocycles. The highest BCUT2D eigenvalue weighted by atomic mass is 16.1. The summed E-state index contributed by atoms with van der Waals surface area (Å²) in [5.41, 5.74) is 2.81. The molecule has 2 fully saturated rings. The minimum Gasteiger partial charge on any atom is -0.299 e. The van der Waals surface area contributed by atoms with Crippen LogP contribution in [0.2, 0.25) is 0 Å². The van der Waals surface area contributed by atoms with Crippen LogP contribution < -0.4 is 0 Å². The van der Waals surface area contributed by atoms with E-state index in [0.29, 0.717) is 29.5 Å². The van der Waals surface area contributed by atoms with Gasteiger partial charge < -0.3 is 0 Å². The molecule has 0 N–H and O–H groups in total. The van der Waals surface area contributed by atoms with Crippen molar-refractivity contribution in [3.05, 3.63) is 48.0 Å². The van der Waals surface area contributed by atoms with Gasteiger partial charge in [0.25, 0.3) is 0 Å². The van der Waals surface area contributed by atoms with Gasteiger partial charge in [-0.2, -0.15) is 0 Å². The lowest BCUT2D eigenvalue weighted by Crippen LogP contribution is -2.48. The minimum absolute atomic E-state index is 0.130. The maximum atomic E-state index is 13.0. The third-order valence-corrected chi connectivity index (χ3v) is 6.86.